The molecule has 0 aliphatic rings. The molecule has 0 atom stereocenters. The van der Waals surface area contributed by atoms with E-state index in [1.165, 1.54) is 0 Å². The summed E-state index contributed by atoms with van der Waals surface area (Å²) in [5.41, 5.74) is 2.63. The third-order valence-corrected chi connectivity index (χ3v) is 1.05. The highest BCUT2D eigenvalue weighted by Gasteiger charge is 1.92. The fourth-order valence-electron chi connectivity index (χ4n) is 0.519. The van der Waals surface area contributed by atoms with Gasteiger partial charge in [0.15, 0.2) is 0 Å². The van der Waals surface area contributed by atoms with Crippen LogP contribution in [-0.4, -0.2) is 12.6 Å². The Balaban J connectivity index is 3.20. The molecule has 0 unspecified atom stereocenters. The van der Waals surface area contributed by atoms with Gasteiger partial charge in [-0.15, -0.1) is 5.73 Å². The second kappa shape index (κ2) is 6.84. The summed E-state index contributed by atoms with van der Waals surface area (Å²) in [5, 5.41) is 0. The molecule has 0 aliphatic heterocycles. The third kappa shape index (κ3) is 6.62. The summed E-state index contributed by atoms with van der Waals surface area (Å²) in [6, 6.07) is 0. The molecule has 0 heterocycles. The van der Waals surface area contributed by atoms with E-state index in [1.807, 2.05) is 6.08 Å². The predicted octanol–water partition coefficient (Wildman–Crippen LogP) is 1.84. The number of hydrogen-bond donors (Lipinski definition) is 0. The molecule has 0 spiro atoms. The molecule has 0 radical (unpaired) electrons. The standard InChI is InChI=1S/C9H12O2/c1-3-5-6-7-8-11-9(10)4-2/h4-5H,1-2,6-8H2. The lowest BCUT2D eigenvalue weighted by atomic mass is 10.3. The van der Waals surface area contributed by atoms with E-state index in [4.69, 9.17) is 4.74 Å². The molecule has 11 heavy (non-hydrogen) atoms. The van der Waals surface area contributed by atoms with Crippen molar-refractivity contribution >= 4 is 5.97 Å². The molecule has 2 heteroatoms. The molecule has 2 nitrogen and oxygen atoms in total. The van der Waals surface area contributed by atoms with E-state index in [9.17, 15) is 4.79 Å². The van der Waals surface area contributed by atoms with Crippen LogP contribution in [0, 0.1) is 0 Å². The largest absolute Gasteiger partial charge is 0.463 e. The minimum atomic E-state index is -0.368. The molecule has 60 valence electrons. The molecular formula is C9H12O2. The predicted molar refractivity (Wildman–Crippen MR) is 44.1 cm³/mol. The number of ether oxygens (including phenoxy) is 1. The van der Waals surface area contributed by atoms with Gasteiger partial charge in [0.25, 0.3) is 0 Å². The zero-order valence-corrected chi connectivity index (χ0v) is 6.51. The van der Waals surface area contributed by atoms with Gasteiger partial charge in [-0.2, -0.15) is 0 Å². The first kappa shape index (κ1) is 9.73. The van der Waals surface area contributed by atoms with Crippen LogP contribution in [0.25, 0.3) is 0 Å². The first-order valence-corrected chi connectivity index (χ1v) is 3.44. The SMILES string of the molecule is C=C=CCCCOC(=O)C=C. The summed E-state index contributed by atoms with van der Waals surface area (Å²) in [6.07, 6.45) is 4.61. The summed E-state index contributed by atoms with van der Waals surface area (Å²) in [5.74, 6) is -0.368. The van der Waals surface area contributed by atoms with Crippen molar-refractivity contribution in [2.24, 2.45) is 0 Å². The van der Waals surface area contributed by atoms with E-state index in [0.29, 0.717) is 6.61 Å². The van der Waals surface area contributed by atoms with E-state index in [2.05, 4.69) is 18.9 Å². The van der Waals surface area contributed by atoms with E-state index in [1.54, 1.807) is 0 Å². The zero-order valence-electron chi connectivity index (χ0n) is 6.51. The Kier molecular flexibility index (Phi) is 6.05. The normalized spacial score (nSPS) is 8.00. The van der Waals surface area contributed by atoms with Gasteiger partial charge in [0.1, 0.15) is 0 Å². The second-order valence-electron chi connectivity index (χ2n) is 1.92. The van der Waals surface area contributed by atoms with Gasteiger partial charge in [-0.05, 0) is 18.9 Å². The lowest BCUT2D eigenvalue weighted by molar-refractivity contribution is -0.137. The van der Waals surface area contributed by atoms with Crippen molar-refractivity contribution in [3.63, 3.8) is 0 Å². The smallest absolute Gasteiger partial charge is 0.330 e. The van der Waals surface area contributed by atoms with Crippen LogP contribution in [0.15, 0.2) is 31.0 Å². The van der Waals surface area contributed by atoms with Crippen LogP contribution in [0.4, 0.5) is 0 Å². The highest BCUT2D eigenvalue weighted by Crippen LogP contribution is 1.91. The molecule has 0 aromatic heterocycles. The summed E-state index contributed by atoms with van der Waals surface area (Å²) in [4.78, 5) is 10.5. The molecule has 0 bridgehead atoms. The maximum absolute atomic E-state index is 10.5. The highest BCUT2D eigenvalue weighted by molar-refractivity contribution is 5.81. The minimum absolute atomic E-state index is 0.368. The van der Waals surface area contributed by atoms with Crippen LogP contribution in [0.3, 0.4) is 0 Å². The fraction of sp³-hybridized carbons (Fsp3) is 0.333. The molecule has 0 rings (SSSR count). The van der Waals surface area contributed by atoms with Gasteiger partial charge in [0.2, 0.25) is 0 Å². The fourth-order valence-corrected chi connectivity index (χ4v) is 0.519. The zero-order chi connectivity index (χ0) is 8.53. The maximum Gasteiger partial charge on any atom is 0.330 e. The Morgan fingerprint density at radius 3 is 2.91 bits per heavy atom. The van der Waals surface area contributed by atoms with Gasteiger partial charge < -0.3 is 4.74 Å². The monoisotopic (exact) mass is 152 g/mol. The Hall–Kier alpha value is -1.27. The first-order valence-electron chi connectivity index (χ1n) is 3.44. The number of rotatable bonds is 5. The molecule has 0 aliphatic carbocycles. The first-order chi connectivity index (χ1) is 5.31. The number of carbonyl (C=O) groups excluding carboxylic acids is 1. The van der Waals surface area contributed by atoms with Gasteiger partial charge in [0.05, 0.1) is 6.61 Å². The molecule has 0 aromatic carbocycles. The minimum Gasteiger partial charge on any atom is -0.463 e. The lowest BCUT2D eigenvalue weighted by Gasteiger charge is -1.97. The quantitative estimate of drug-likeness (QED) is 0.260. The van der Waals surface area contributed by atoms with Crippen molar-refractivity contribution in [3.8, 4) is 0 Å². The molecule has 0 saturated heterocycles. The summed E-state index contributed by atoms with van der Waals surface area (Å²) in [7, 11) is 0. The van der Waals surface area contributed by atoms with Gasteiger partial charge in [-0.1, -0.05) is 13.2 Å². The number of allylic oxidation sites excluding steroid dienone is 1. The van der Waals surface area contributed by atoms with Crippen LogP contribution in [0.5, 0.6) is 0 Å². The van der Waals surface area contributed by atoms with Crippen molar-refractivity contribution in [1.29, 1.82) is 0 Å². The van der Waals surface area contributed by atoms with Gasteiger partial charge in [-0.3, -0.25) is 0 Å². The van der Waals surface area contributed by atoms with Gasteiger partial charge in [0, 0.05) is 6.08 Å². The van der Waals surface area contributed by atoms with Crippen molar-refractivity contribution in [2.75, 3.05) is 6.61 Å². The molecule has 0 N–H and O–H groups in total. The average Bonchev–Trinajstić information content (AvgIpc) is 2.04. The second-order valence-corrected chi connectivity index (χ2v) is 1.92. The van der Waals surface area contributed by atoms with E-state index < -0.39 is 0 Å². The highest BCUT2D eigenvalue weighted by atomic mass is 16.5. The average molecular weight is 152 g/mol. The maximum atomic E-state index is 10.5. The molecule has 0 aromatic rings. The van der Waals surface area contributed by atoms with Crippen LogP contribution in [0.2, 0.25) is 0 Å². The summed E-state index contributed by atoms with van der Waals surface area (Å²) >= 11 is 0. The Bertz CT molecular complexity index is 176. The van der Waals surface area contributed by atoms with Gasteiger partial charge >= 0.3 is 5.97 Å². The third-order valence-electron chi connectivity index (χ3n) is 1.05. The topological polar surface area (TPSA) is 26.3 Å². The van der Waals surface area contributed by atoms with Gasteiger partial charge in [-0.25, -0.2) is 4.79 Å². The van der Waals surface area contributed by atoms with Crippen LogP contribution >= 0.6 is 0 Å². The Morgan fingerprint density at radius 2 is 2.36 bits per heavy atom. The number of carbonyl (C=O) groups is 1. The van der Waals surface area contributed by atoms with Crippen molar-refractivity contribution in [1.82, 2.24) is 0 Å². The number of unbranched alkanes of at least 4 members (excludes halogenated alkanes) is 1. The molecule has 0 saturated carbocycles. The van der Waals surface area contributed by atoms with E-state index >= 15 is 0 Å². The van der Waals surface area contributed by atoms with Crippen molar-refractivity contribution in [3.05, 3.63) is 31.0 Å². The van der Waals surface area contributed by atoms with Crippen molar-refractivity contribution in [2.45, 2.75) is 12.8 Å². The summed E-state index contributed by atoms with van der Waals surface area (Å²) < 4.78 is 4.71. The van der Waals surface area contributed by atoms with Crippen molar-refractivity contribution < 1.29 is 9.53 Å². The van der Waals surface area contributed by atoms with Crippen LogP contribution < -0.4 is 0 Å². The van der Waals surface area contributed by atoms with E-state index in [0.717, 1.165) is 18.9 Å². The van der Waals surface area contributed by atoms with Crippen LogP contribution in [-0.2, 0) is 9.53 Å². The Labute approximate surface area is 66.9 Å². The number of esters is 1. The molecule has 0 fully saturated rings. The van der Waals surface area contributed by atoms with E-state index in [-0.39, 0.29) is 5.97 Å². The van der Waals surface area contributed by atoms with Crippen LogP contribution in [0.1, 0.15) is 12.8 Å². The Morgan fingerprint density at radius 1 is 1.64 bits per heavy atom. The molecule has 0 amide bonds. The lowest BCUT2D eigenvalue weighted by Crippen LogP contribution is -2.00. The molecular weight excluding hydrogens is 140 g/mol. The summed E-state index contributed by atoms with van der Waals surface area (Å²) in [6.45, 7) is 7.11. The number of hydrogen-bond acceptors (Lipinski definition) is 2.